The van der Waals surface area contributed by atoms with Crippen LogP contribution in [-0.2, 0) is 14.6 Å². The molecule has 0 saturated heterocycles. The zero-order valence-electron chi connectivity index (χ0n) is 15.4. The van der Waals surface area contributed by atoms with E-state index in [1.165, 1.54) is 11.3 Å². The molecule has 1 amide bonds. The maximum Gasteiger partial charge on any atom is 0.225 e. The van der Waals surface area contributed by atoms with Gasteiger partial charge in [-0.1, -0.05) is 29.8 Å². The first-order chi connectivity index (χ1) is 13.4. The topological polar surface area (TPSA) is 63.2 Å². The molecule has 3 aromatic rings. The number of anilines is 1. The number of amides is 1. The fourth-order valence-electron chi connectivity index (χ4n) is 3.35. The fourth-order valence-corrected chi connectivity index (χ4v) is 6.67. The van der Waals surface area contributed by atoms with Crippen LogP contribution >= 0.6 is 23.1 Å². The van der Waals surface area contributed by atoms with Gasteiger partial charge in [0, 0.05) is 27.5 Å². The van der Waals surface area contributed by atoms with E-state index in [-0.39, 0.29) is 21.6 Å². The van der Waals surface area contributed by atoms with Crippen molar-refractivity contribution in [2.45, 2.75) is 33.9 Å². The van der Waals surface area contributed by atoms with Gasteiger partial charge in [-0.25, -0.2) is 8.42 Å². The number of aryl methyl sites for hydroxylation is 1. The van der Waals surface area contributed by atoms with Crippen molar-refractivity contribution in [2.75, 3.05) is 11.6 Å². The second-order valence-electron chi connectivity index (χ2n) is 6.73. The Bertz CT molecular complexity index is 1130. The summed E-state index contributed by atoms with van der Waals surface area (Å²) in [6.07, 6.45) is 2.33. The van der Waals surface area contributed by atoms with Crippen LogP contribution in [0.3, 0.4) is 0 Å². The summed E-state index contributed by atoms with van der Waals surface area (Å²) >= 11 is 3.05. The van der Waals surface area contributed by atoms with Gasteiger partial charge in [-0.15, -0.1) is 23.1 Å². The molecule has 0 aliphatic carbocycles. The molecule has 0 saturated carbocycles. The number of sulfone groups is 1. The van der Waals surface area contributed by atoms with E-state index in [0.29, 0.717) is 12.1 Å². The molecular weight excluding hydrogens is 410 g/mol. The number of hydrogen-bond donors (Lipinski definition) is 1. The lowest BCUT2D eigenvalue weighted by atomic mass is 9.91. The van der Waals surface area contributed by atoms with E-state index in [1.54, 1.807) is 41.4 Å². The predicted octanol–water partition coefficient (Wildman–Crippen LogP) is 5.09. The molecule has 1 aromatic heterocycles. The highest BCUT2D eigenvalue weighted by Gasteiger charge is 2.34. The Kier molecular flexibility index (Phi) is 5.07. The Balaban J connectivity index is 1.79. The van der Waals surface area contributed by atoms with Crippen molar-refractivity contribution in [2.24, 2.45) is 0 Å². The Hall–Kier alpha value is -2.09. The number of rotatable bonds is 4. The van der Waals surface area contributed by atoms with Gasteiger partial charge < -0.3 is 5.32 Å². The minimum Gasteiger partial charge on any atom is -0.324 e. The molecule has 4 nitrogen and oxygen atoms in total. The average molecular weight is 430 g/mol. The van der Waals surface area contributed by atoms with Gasteiger partial charge in [0.05, 0.1) is 10.6 Å². The van der Waals surface area contributed by atoms with Gasteiger partial charge in [0.25, 0.3) is 0 Å². The highest BCUT2D eigenvalue weighted by Crippen LogP contribution is 2.46. The lowest BCUT2D eigenvalue weighted by molar-refractivity contribution is -0.116. The molecule has 2 aromatic carbocycles. The molecule has 1 N–H and O–H groups in total. The molecule has 2 heterocycles. The molecular formula is C21H19NO3S3. The monoisotopic (exact) mass is 429 g/mol. The van der Waals surface area contributed by atoms with Crippen molar-refractivity contribution in [3.8, 4) is 0 Å². The normalized spacial score (nSPS) is 16.5. The maximum absolute atomic E-state index is 13.2. The van der Waals surface area contributed by atoms with Crippen LogP contribution in [0.5, 0.6) is 0 Å². The maximum atomic E-state index is 13.2. The molecule has 0 radical (unpaired) electrons. The van der Waals surface area contributed by atoms with Crippen LogP contribution in [0.15, 0.2) is 68.6 Å². The van der Waals surface area contributed by atoms with Crippen LogP contribution in [0.4, 0.5) is 5.69 Å². The van der Waals surface area contributed by atoms with Crippen LogP contribution in [0.2, 0.25) is 0 Å². The van der Waals surface area contributed by atoms with Crippen LogP contribution < -0.4 is 5.32 Å². The van der Waals surface area contributed by atoms with Gasteiger partial charge in [-0.05, 0) is 43.0 Å². The first-order valence-electron chi connectivity index (χ1n) is 8.77. The van der Waals surface area contributed by atoms with Gasteiger partial charge in [0.15, 0.2) is 0 Å². The van der Waals surface area contributed by atoms with Crippen molar-refractivity contribution >= 4 is 44.5 Å². The van der Waals surface area contributed by atoms with Crippen LogP contribution in [-0.4, -0.2) is 20.6 Å². The number of carbonyl (C=O) groups is 1. The van der Waals surface area contributed by atoms with E-state index in [1.807, 2.05) is 37.4 Å². The molecule has 0 unspecified atom stereocenters. The minimum absolute atomic E-state index is 0.133. The Morgan fingerprint density at radius 2 is 1.75 bits per heavy atom. The van der Waals surface area contributed by atoms with E-state index >= 15 is 0 Å². The number of thiophene rings is 1. The molecule has 4 rings (SSSR count). The number of benzene rings is 2. The lowest BCUT2D eigenvalue weighted by Gasteiger charge is -2.24. The second-order valence-corrected chi connectivity index (χ2v) is 10.4. The Morgan fingerprint density at radius 3 is 2.39 bits per heavy atom. The average Bonchev–Trinajstić information content (AvgIpc) is 3.12. The van der Waals surface area contributed by atoms with Crippen molar-refractivity contribution in [3.05, 3.63) is 69.9 Å². The third kappa shape index (κ3) is 3.38. The second kappa shape index (κ2) is 7.39. The van der Waals surface area contributed by atoms with Gasteiger partial charge in [-0.2, -0.15) is 0 Å². The summed E-state index contributed by atoms with van der Waals surface area (Å²) in [5.41, 5.74) is 2.45. The van der Waals surface area contributed by atoms with Crippen LogP contribution in [0.1, 0.15) is 28.3 Å². The largest absolute Gasteiger partial charge is 0.324 e. The first-order valence-corrected chi connectivity index (χ1v) is 12.4. The smallest absolute Gasteiger partial charge is 0.225 e. The van der Waals surface area contributed by atoms with Crippen molar-refractivity contribution < 1.29 is 13.2 Å². The molecule has 1 atom stereocenters. The number of hydrogen-bond acceptors (Lipinski definition) is 5. The minimum atomic E-state index is -3.70. The van der Waals surface area contributed by atoms with Gasteiger partial charge in [0.2, 0.25) is 15.7 Å². The van der Waals surface area contributed by atoms with Gasteiger partial charge in [-0.3, -0.25) is 4.79 Å². The highest BCUT2D eigenvalue weighted by molar-refractivity contribution is 7.98. The van der Waals surface area contributed by atoms with E-state index in [2.05, 4.69) is 5.32 Å². The predicted molar refractivity (Wildman–Crippen MR) is 114 cm³/mol. The van der Waals surface area contributed by atoms with Gasteiger partial charge in [0.1, 0.15) is 4.90 Å². The third-order valence-electron chi connectivity index (χ3n) is 4.90. The van der Waals surface area contributed by atoms with E-state index in [0.717, 1.165) is 20.9 Å². The van der Waals surface area contributed by atoms with E-state index in [4.69, 9.17) is 0 Å². The van der Waals surface area contributed by atoms with Crippen molar-refractivity contribution in [3.63, 3.8) is 0 Å². The van der Waals surface area contributed by atoms with E-state index < -0.39 is 9.84 Å². The summed E-state index contributed by atoms with van der Waals surface area (Å²) in [4.78, 5) is 14.8. The molecule has 1 aliphatic heterocycles. The summed E-state index contributed by atoms with van der Waals surface area (Å²) in [6.45, 7) is 1.91. The highest BCUT2D eigenvalue weighted by atomic mass is 32.2. The number of carbonyl (C=O) groups excluding carboxylic acids is 1. The quantitative estimate of drug-likeness (QED) is 0.587. The standard InChI is InChI=1S/C21H19NO3S3/c1-13-3-9-16(10-4-13)28(24,25)18-12-27-21-17(11-19(23)22-20(18)21)14-5-7-15(26-2)8-6-14/h3-10,12,17H,11H2,1-2H3,(H,22,23)/t17-/m0/s1. The number of fused-ring (bicyclic) bond motifs is 1. The molecule has 0 spiro atoms. The fraction of sp³-hybridized carbons (Fsp3) is 0.190. The van der Waals surface area contributed by atoms with Crippen LogP contribution in [0, 0.1) is 6.92 Å². The molecule has 28 heavy (non-hydrogen) atoms. The number of thioether (sulfide) groups is 1. The summed E-state index contributed by atoms with van der Waals surface area (Å²) < 4.78 is 26.3. The van der Waals surface area contributed by atoms with Crippen molar-refractivity contribution in [1.82, 2.24) is 0 Å². The Labute approximate surface area is 172 Å². The summed E-state index contributed by atoms with van der Waals surface area (Å²) in [7, 11) is -3.70. The van der Waals surface area contributed by atoms with Crippen molar-refractivity contribution in [1.29, 1.82) is 0 Å². The third-order valence-corrected chi connectivity index (χ3v) is 8.68. The van der Waals surface area contributed by atoms with Gasteiger partial charge >= 0.3 is 0 Å². The summed E-state index contributed by atoms with van der Waals surface area (Å²) in [6, 6.07) is 14.9. The molecule has 1 aliphatic rings. The molecule has 0 bridgehead atoms. The zero-order chi connectivity index (χ0) is 19.9. The number of nitrogens with one attached hydrogen (secondary N) is 1. The SMILES string of the molecule is CSc1ccc([C@@H]2CC(=O)Nc3c(S(=O)(=O)c4ccc(C)cc4)csc32)cc1. The summed E-state index contributed by atoms with van der Waals surface area (Å²) in [5.74, 6) is -0.295. The summed E-state index contributed by atoms with van der Waals surface area (Å²) in [5, 5.41) is 4.45. The Morgan fingerprint density at radius 1 is 1.07 bits per heavy atom. The molecule has 0 fully saturated rings. The lowest BCUT2D eigenvalue weighted by Crippen LogP contribution is -2.23. The van der Waals surface area contributed by atoms with Crippen LogP contribution in [0.25, 0.3) is 0 Å². The zero-order valence-corrected chi connectivity index (χ0v) is 17.9. The van der Waals surface area contributed by atoms with E-state index in [9.17, 15) is 13.2 Å². The molecule has 144 valence electrons. The first kappa shape index (κ1) is 19.2. The molecule has 7 heteroatoms.